The van der Waals surface area contributed by atoms with Gasteiger partial charge in [0.2, 0.25) is 0 Å². The number of aliphatic hydroxyl groups excluding tert-OH is 1. The number of esters is 1. The van der Waals surface area contributed by atoms with E-state index in [9.17, 15) is 9.90 Å². The fraction of sp³-hybridized carbons (Fsp3) is 0.533. The Labute approximate surface area is 127 Å². The zero-order valence-electron chi connectivity index (χ0n) is 11.6. The summed E-state index contributed by atoms with van der Waals surface area (Å²) >= 11 is 3.37. The Balaban J connectivity index is 2.03. The van der Waals surface area contributed by atoms with E-state index in [1.165, 1.54) is 0 Å². The number of benzene rings is 1. The second kappa shape index (κ2) is 6.59. The Kier molecular flexibility index (Phi) is 5.05. The van der Waals surface area contributed by atoms with E-state index in [0.717, 1.165) is 10.9 Å². The van der Waals surface area contributed by atoms with Crippen LogP contribution in [0, 0.1) is 11.8 Å². The first kappa shape index (κ1) is 15.3. The molecule has 0 bridgehead atoms. The molecule has 3 unspecified atom stereocenters. The molecule has 2 rings (SSSR count). The van der Waals surface area contributed by atoms with Crippen molar-refractivity contribution in [3.63, 3.8) is 0 Å². The van der Waals surface area contributed by atoms with Crippen molar-refractivity contribution in [3.8, 4) is 5.75 Å². The molecule has 0 amide bonds. The van der Waals surface area contributed by atoms with Gasteiger partial charge in [-0.25, -0.2) is 0 Å². The van der Waals surface area contributed by atoms with E-state index in [-0.39, 0.29) is 17.8 Å². The fourth-order valence-electron chi connectivity index (χ4n) is 2.30. The average Bonchev–Trinajstić information content (AvgIpc) is 3.24. The number of rotatable bonds is 6. The van der Waals surface area contributed by atoms with Crippen LogP contribution >= 0.6 is 15.9 Å². The summed E-state index contributed by atoms with van der Waals surface area (Å²) in [5, 5.41) is 10.4. The first-order chi connectivity index (χ1) is 9.58. The Hall–Kier alpha value is -1.07. The lowest BCUT2D eigenvalue weighted by atomic mass is 10.0. The third kappa shape index (κ3) is 3.33. The van der Waals surface area contributed by atoms with Gasteiger partial charge >= 0.3 is 5.97 Å². The predicted molar refractivity (Wildman–Crippen MR) is 78.5 cm³/mol. The minimum atomic E-state index is -0.697. The number of halogens is 1. The lowest BCUT2D eigenvalue weighted by Gasteiger charge is -2.15. The molecule has 0 aromatic heterocycles. The molecule has 1 fully saturated rings. The number of carbonyl (C=O) groups is 1. The molecule has 1 aliphatic rings. The van der Waals surface area contributed by atoms with E-state index < -0.39 is 6.10 Å². The van der Waals surface area contributed by atoms with Crippen molar-refractivity contribution in [1.82, 2.24) is 0 Å². The summed E-state index contributed by atoms with van der Waals surface area (Å²) in [6, 6.07) is 5.49. The Bertz CT molecular complexity index is 489. The largest absolute Gasteiger partial charge is 0.496 e. The molecule has 1 aromatic carbocycles. The molecule has 0 heterocycles. The van der Waals surface area contributed by atoms with Crippen molar-refractivity contribution in [2.24, 2.45) is 11.8 Å². The Morgan fingerprint density at radius 3 is 2.95 bits per heavy atom. The van der Waals surface area contributed by atoms with Crippen molar-refractivity contribution >= 4 is 21.9 Å². The van der Waals surface area contributed by atoms with Crippen LogP contribution in [0.1, 0.15) is 31.4 Å². The van der Waals surface area contributed by atoms with Crippen LogP contribution in [0.5, 0.6) is 5.75 Å². The second-order valence-electron chi connectivity index (χ2n) is 5.00. The Morgan fingerprint density at radius 1 is 1.55 bits per heavy atom. The normalized spacial score (nSPS) is 22.2. The van der Waals surface area contributed by atoms with Crippen molar-refractivity contribution in [2.45, 2.75) is 25.9 Å². The summed E-state index contributed by atoms with van der Waals surface area (Å²) in [5.74, 6) is 0.158. The van der Waals surface area contributed by atoms with Crippen molar-refractivity contribution < 1.29 is 19.4 Å². The highest BCUT2D eigenvalue weighted by molar-refractivity contribution is 9.10. The third-order valence-corrected chi connectivity index (χ3v) is 4.00. The third-order valence-electron chi connectivity index (χ3n) is 3.51. The smallest absolute Gasteiger partial charge is 0.309 e. The van der Waals surface area contributed by atoms with Crippen LogP contribution in [0.2, 0.25) is 0 Å². The summed E-state index contributed by atoms with van der Waals surface area (Å²) in [7, 11) is 1.57. The van der Waals surface area contributed by atoms with Crippen LogP contribution in [0.15, 0.2) is 22.7 Å². The van der Waals surface area contributed by atoms with Gasteiger partial charge in [-0.2, -0.15) is 0 Å². The average molecular weight is 343 g/mol. The molecule has 0 radical (unpaired) electrons. The highest BCUT2D eigenvalue weighted by atomic mass is 79.9. The van der Waals surface area contributed by atoms with Gasteiger partial charge in [-0.3, -0.25) is 4.79 Å². The monoisotopic (exact) mass is 342 g/mol. The van der Waals surface area contributed by atoms with E-state index in [1.807, 2.05) is 25.1 Å². The van der Waals surface area contributed by atoms with Crippen molar-refractivity contribution in [2.75, 3.05) is 13.7 Å². The zero-order chi connectivity index (χ0) is 14.7. The van der Waals surface area contributed by atoms with Crippen LogP contribution < -0.4 is 4.74 Å². The molecule has 1 N–H and O–H groups in total. The maximum atomic E-state index is 11.7. The van der Waals surface area contributed by atoms with E-state index in [2.05, 4.69) is 15.9 Å². The van der Waals surface area contributed by atoms with E-state index >= 15 is 0 Å². The summed E-state index contributed by atoms with van der Waals surface area (Å²) < 4.78 is 11.3. The summed E-state index contributed by atoms with van der Waals surface area (Å²) in [6.45, 7) is 2.40. The number of ether oxygens (including phenoxy) is 2. The van der Waals surface area contributed by atoms with Gasteiger partial charge in [0.1, 0.15) is 5.75 Å². The zero-order valence-corrected chi connectivity index (χ0v) is 13.2. The van der Waals surface area contributed by atoms with Gasteiger partial charge < -0.3 is 14.6 Å². The van der Waals surface area contributed by atoms with Crippen LogP contribution in [-0.4, -0.2) is 24.8 Å². The van der Waals surface area contributed by atoms with E-state index in [4.69, 9.17) is 9.47 Å². The number of aliphatic hydroxyl groups is 1. The van der Waals surface area contributed by atoms with Gasteiger partial charge in [0.25, 0.3) is 0 Å². The van der Waals surface area contributed by atoms with Crippen molar-refractivity contribution in [3.05, 3.63) is 28.2 Å². The minimum Gasteiger partial charge on any atom is -0.496 e. The molecule has 4 nitrogen and oxygen atoms in total. The molecule has 3 atom stereocenters. The number of methoxy groups -OCH3 is 1. The van der Waals surface area contributed by atoms with Gasteiger partial charge in [0.15, 0.2) is 0 Å². The lowest BCUT2D eigenvalue weighted by molar-refractivity contribution is -0.146. The standard InChI is InChI=1S/C15H19BrO4/c1-3-6-20-15(18)12-8-11(12)14(17)10-5-4-9(16)7-13(10)19-2/h4-5,7,11-12,14,17H,3,6,8H2,1-2H3. The SMILES string of the molecule is CCCOC(=O)C1CC1C(O)c1ccc(Br)cc1OC. The van der Waals surface area contributed by atoms with Gasteiger partial charge in [0.05, 0.1) is 25.7 Å². The molecular formula is C15H19BrO4. The molecule has 20 heavy (non-hydrogen) atoms. The topological polar surface area (TPSA) is 55.8 Å². The fourth-order valence-corrected chi connectivity index (χ4v) is 2.64. The van der Waals surface area contributed by atoms with Crippen LogP contribution in [0.4, 0.5) is 0 Å². The first-order valence-corrected chi connectivity index (χ1v) is 7.56. The maximum absolute atomic E-state index is 11.7. The summed E-state index contributed by atoms with van der Waals surface area (Å²) in [4.78, 5) is 11.7. The van der Waals surface area contributed by atoms with E-state index in [0.29, 0.717) is 24.3 Å². The van der Waals surface area contributed by atoms with Crippen molar-refractivity contribution in [1.29, 1.82) is 0 Å². The molecule has 110 valence electrons. The quantitative estimate of drug-likeness (QED) is 0.807. The first-order valence-electron chi connectivity index (χ1n) is 6.76. The number of carbonyl (C=O) groups excluding carboxylic acids is 1. The lowest BCUT2D eigenvalue weighted by Crippen LogP contribution is -2.12. The molecule has 0 saturated heterocycles. The Morgan fingerprint density at radius 2 is 2.30 bits per heavy atom. The van der Waals surface area contributed by atoms with Gasteiger partial charge in [-0.1, -0.05) is 28.9 Å². The molecule has 0 aliphatic heterocycles. The number of hydrogen-bond donors (Lipinski definition) is 1. The van der Waals surface area contributed by atoms with E-state index in [1.54, 1.807) is 7.11 Å². The number of hydrogen-bond acceptors (Lipinski definition) is 4. The van der Waals surface area contributed by atoms with Crippen LogP contribution in [0.3, 0.4) is 0 Å². The summed E-state index contributed by atoms with van der Waals surface area (Å²) in [5.41, 5.74) is 0.714. The van der Waals surface area contributed by atoms with Gasteiger partial charge in [0, 0.05) is 16.0 Å². The minimum absolute atomic E-state index is 0.0746. The van der Waals surface area contributed by atoms with Crippen LogP contribution in [-0.2, 0) is 9.53 Å². The van der Waals surface area contributed by atoms with Crippen LogP contribution in [0.25, 0.3) is 0 Å². The molecule has 0 spiro atoms. The molecular weight excluding hydrogens is 324 g/mol. The maximum Gasteiger partial charge on any atom is 0.309 e. The van der Waals surface area contributed by atoms with Gasteiger partial charge in [-0.05, 0) is 25.0 Å². The molecule has 1 saturated carbocycles. The predicted octanol–water partition coefficient (Wildman–Crippen LogP) is 3.08. The summed E-state index contributed by atoms with van der Waals surface area (Å²) in [6.07, 6.45) is 0.784. The molecule has 5 heteroatoms. The molecule has 1 aromatic rings. The highest BCUT2D eigenvalue weighted by Gasteiger charge is 2.49. The van der Waals surface area contributed by atoms with Gasteiger partial charge in [-0.15, -0.1) is 0 Å². The molecule has 1 aliphatic carbocycles. The second-order valence-corrected chi connectivity index (χ2v) is 5.92. The highest BCUT2D eigenvalue weighted by Crippen LogP contribution is 2.49.